The maximum Gasteiger partial charge on any atom is 0.232 e. The molecule has 2 aromatic rings. The van der Waals surface area contributed by atoms with Gasteiger partial charge in [-0.25, -0.2) is 0 Å². The van der Waals surface area contributed by atoms with Crippen LogP contribution in [0.15, 0.2) is 42.5 Å². The first-order valence-electron chi connectivity index (χ1n) is 8.82. The van der Waals surface area contributed by atoms with E-state index in [4.69, 9.17) is 11.6 Å². The van der Waals surface area contributed by atoms with Gasteiger partial charge in [0.15, 0.2) is 0 Å². The van der Waals surface area contributed by atoms with Crippen molar-refractivity contribution in [1.82, 2.24) is 0 Å². The minimum absolute atomic E-state index is 0.0542. The number of rotatable bonds is 3. The van der Waals surface area contributed by atoms with E-state index in [2.05, 4.69) is 10.6 Å². The Kier molecular flexibility index (Phi) is 4.58. The number of para-hydroxylation sites is 1. The molecule has 0 radical (unpaired) electrons. The van der Waals surface area contributed by atoms with Crippen molar-refractivity contribution in [2.24, 2.45) is 0 Å². The minimum atomic E-state index is -0.562. The van der Waals surface area contributed by atoms with E-state index < -0.39 is 5.92 Å². The molecule has 1 atom stereocenters. The molecule has 0 aliphatic carbocycles. The van der Waals surface area contributed by atoms with E-state index in [0.717, 1.165) is 12.0 Å². The third-order valence-electron chi connectivity index (χ3n) is 4.90. The number of amides is 3. The fourth-order valence-electron chi connectivity index (χ4n) is 3.58. The average Bonchev–Trinajstić information content (AvgIpc) is 3.07. The summed E-state index contributed by atoms with van der Waals surface area (Å²) in [7, 11) is 0. The van der Waals surface area contributed by atoms with E-state index in [1.165, 1.54) is 0 Å². The normalized spacial score (nSPS) is 18.9. The van der Waals surface area contributed by atoms with Crippen molar-refractivity contribution in [1.29, 1.82) is 0 Å². The molecule has 0 spiro atoms. The van der Waals surface area contributed by atoms with E-state index in [9.17, 15) is 14.4 Å². The molecule has 1 saturated heterocycles. The zero-order valence-electron chi connectivity index (χ0n) is 14.5. The predicted molar refractivity (Wildman–Crippen MR) is 104 cm³/mol. The number of halogens is 1. The van der Waals surface area contributed by atoms with E-state index in [0.29, 0.717) is 35.1 Å². The maximum atomic E-state index is 12.8. The lowest BCUT2D eigenvalue weighted by Crippen LogP contribution is -2.30. The van der Waals surface area contributed by atoms with Gasteiger partial charge in [-0.05, 0) is 36.2 Å². The van der Waals surface area contributed by atoms with Gasteiger partial charge in [0.25, 0.3) is 0 Å². The number of anilines is 3. The van der Waals surface area contributed by atoms with Crippen LogP contribution in [0.5, 0.6) is 0 Å². The SMILES string of the molecule is O=C1CC(C(=O)Nc2ccc(N3CCCC3=O)c(Cl)c2)c2ccccc2N1. The first-order chi connectivity index (χ1) is 13.0. The Morgan fingerprint density at radius 1 is 1.19 bits per heavy atom. The fourth-order valence-corrected chi connectivity index (χ4v) is 3.86. The average molecular weight is 384 g/mol. The monoisotopic (exact) mass is 383 g/mol. The van der Waals surface area contributed by atoms with Crippen LogP contribution in [0.2, 0.25) is 5.02 Å². The molecule has 0 aromatic heterocycles. The van der Waals surface area contributed by atoms with Crippen LogP contribution in [-0.4, -0.2) is 24.3 Å². The van der Waals surface area contributed by atoms with Gasteiger partial charge in [-0.3, -0.25) is 14.4 Å². The molecule has 2 aliphatic heterocycles. The fraction of sp³-hybridized carbons (Fsp3) is 0.250. The Morgan fingerprint density at radius 3 is 2.74 bits per heavy atom. The molecule has 1 unspecified atom stereocenters. The van der Waals surface area contributed by atoms with Crippen LogP contribution in [-0.2, 0) is 14.4 Å². The topological polar surface area (TPSA) is 78.5 Å². The van der Waals surface area contributed by atoms with E-state index in [-0.39, 0.29) is 24.1 Å². The molecule has 2 N–H and O–H groups in total. The molecule has 3 amide bonds. The highest BCUT2D eigenvalue weighted by molar-refractivity contribution is 6.34. The third-order valence-corrected chi connectivity index (χ3v) is 5.20. The zero-order valence-corrected chi connectivity index (χ0v) is 15.3. The van der Waals surface area contributed by atoms with Gasteiger partial charge in [0.1, 0.15) is 0 Å². The molecule has 0 saturated carbocycles. The number of carbonyl (C=O) groups excluding carboxylic acids is 3. The first kappa shape index (κ1) is 17.5. The van der Waals surface area contributed by atoms with E-state index >= 15 is 0 Å². The molecular weight excluding hydrogens is 366 g/mol. The number of nitrogens with one attached hydrogen (secondary N) is 2. The van der Waals surface area contributed by atoms with Crippen LogP contribution in [0.3, 0.4) is 0 Å². The van der Waals surface area contributed by atoms with Crippen LogP contribution in [0.25, 0.3) is 0 Å². The summed E-state index contributed by atoms with van der Waals surface area (Å²) < 4.78 is 0. The van der Waals surface area contributed by atoms with Crippen LogP contribution >= 0.6 is 11.6 Å². The second-order valence-corrected chi connectivity index (χ2v) is 7.10. The molecule has 2 aliphatic rings. The van der Waals surface area contributed by atoms with Gasteiger partial charge in [-0.1, -0.05) is 29.8 Å². The minimum Gasteiger partial charge on any atom is -0.326 e. The Morgan fingerprint density at radius 2 is 2.00 bits per heavy atom. The summed E-state index contributed by atoms with van der Waals surface area (Å²) in [6.07, 6.45) is 1.44. The molecule has 0 bridgehead atoms. The number of hydrogen-bond acceptors (Lipinski definition) is 3. The van der Waals surface area contributed by atoms with Crippen molar-refractivity contribution in [3.05, 3.63) is 53.1 Å². The van der Waals surface area contributed by atoms with Crippen molar-refractivity contribution in [2.45, 2.75) is 25.2 Å². The number of benzene rings is 2. The van der Waals surface area contributed by atoms with Gasteiger partial charge in [-0.2, -0.15) is 0 Å². The lowest BCUT2D eigenvalue weighted by Gasteiger charge is -2.25. The summed E-state index contributed by atoms with van der Waals surface area (Å²) in [6.45, 7) is 0.651. The van der Waals surface area contributed by atoms with Crippen molar-refractivity contribution in [2.75, 3.05) is 22.1 Å². The molecule has 4 rings (SSSR count). The van der Waals surface area contributed by atoms with Gasteiger partial charge in [0.2, 0.25) is 17.7 Å². The summed E-state index contributed by atoms with van der Waals surface area (Å²) >= 11 is 6.34. The zero-order chi connectivity index (χ0) is 19.0. The number of fused-ring (bicyclic) bond motifs is 1. The van der Waals surface area contributed by atoms with Gasteiger partial charge < -0.3 is 15.5 Å². The molecular formula is C20H18ClN3O3. The summed E-state index contributed by atoms with van der Waals surface area (Å²) in [5.74, 6) is -0.958. The summed E-state index contributed by atoms with van der Waals surface area (Å²) in [5, 5.41) is 6.03. The Balaban J connectivity index is 1.54. The van der Waals surface area contributed by atoms with Crippen LogP contribution in [0.1, 0.15) is 30.7 Å². The van der Waals surface area contributed by atoms with Gasteiger partial charge >= 0.3 is 0 Å². The van der Waals surface area contributed by atoms with Crippen molar-refractivity contribution in [3.8, 4) is 0 Å². The van der Waals surface area contributed by atoms with Crippen molar-refractivity contribution in [3.63, 3.8) is 0 Å². The van der Waals surface area contributed by atoms with Gasteiger partial charge in [0.05, 0.1) is 16.6 Å². The molecule has 1 fully saturated rings. The summed E-state index contributed by atoms with van der Waals surface area (Å²) in [4.78, 5) is 38.3. The highest BCUT2D eigenvalue weighted by Crippen LogP contribution is 2.35. The van der Waals surface area contributed by atoms with Gasteiger partial charge in [-0.15, -0.1) is 0 Å². The van der Waals surface area contributed by atoms with Crippen LogP contribution in [0.4, 0.5) is 17.1 Å². The smallest absolute Gasteiger partial charge is 0.232 e. The highest BCUT2D eigenvalue weighted by atomic mass is 35.5. The van der Waals surface area contributed by atoms with E-state index in [1.54, 1.807) is 29.2 Å². The lowest BCUT2D eigenvalue weighted by molar-refractivity contribution is -0.123. The predicted octanol–water partition coefficient (Wildman–Crippen LogP) is 3.53. The standard InChI is InChI=1S/C20H18ClN3O3/c21-15-10-12(7-8-17(15)24-9-3-6-19(24)26)22-20(27)14-11-18(25)23-16-5-2-1-4-13(14)16/h1-2,4-5,7-8,10,14H,3,6,9,11H2,(H,22,27)(H,23,25). The third kappa shape index (κ3) is 3.40. The quantitative estimate of drug-likeness (QED) is 0.851. The highest BCUT2D eigenvalue weighted by Gasteiger charge is 2.30. The van der Waals surface area contributed by atoms with Crippen molar-refractivity contribution < 1.29 is 14.4 Å². The first-order valence-corrected chi connectivity index (χ1v) is 9.20. The van der Waals surface area contributed by atoms with E-state index in [1.807, 2.05) is 18.2 Å². The summed E-state index contributed by atoms with van der Waals surface area (Å²) in [6, 6.07) is 12.4. The largest absolute Gasteiger partial charge is 0.326 e. The Bertz CT molecular complexity index is 944. The van der Waals surface area contributed by atoms with Gasteiger partial charge in [0, 0.05) is 30.8 Å². The molecule has 2 aromatic carbocycles. The molecule has 27 heavy (non-hydrogen) atoms. The maximum absolute atomic E-state index is 12.8. The van der Waals surface area contributed by atoms with Crippen LogP contribution in [0, 0.1) is 0 Å². The Hall–Kier alpha value is -2.86. The molecule has 138 valence electrons. The Labute approximate surface area is 161 Å². The second-order valence-electron chi connectivity index (χ2n) is 6.70. The number of nitrogens with zero attached hydrogens (tertiary/aromatic N) is 1. The number of carbonyl (C=O) groups is 3. The molecule has 6 nitrogen and oxygen atoms in total. The summed E-state index contributed by atoms with van der Waals surface area (Å²) in [5.41, 5.74) is 2.64. The second kappa shape index (κ2) is 7.04. The number of hydrogen-bond donors (Lipinski definition) is 2. The molecule has 7 heteroatoms. The van der Waals surface area contributed by atoms with Crippen molar-refractivity contribution >= 4 is 46.4 Å². The molecule has 2 heterocycles. The lowest BCUT2D eigenvalue weighted by atomic mass is 9.90. The van der Waals surface area contributed by atoms with Crippen LogP contribution < -0.4 is 15.5 Å².